The van der Waals surface area contributed by atoms with E-state index in [-0.39, 0.29) is 12.1 Å². The third-order valence-electron chi connectivity index (χ3n) is 3.20. The van der Waals surface area contributed by atoms with Crippen LogP contribution in [0.3, 0.4) is 0 Å². The Balaban J connectivity index is 4.56. The lowest BCUT2D eigenvalue weighted by Crippen LogP contribution is -2.58. The summed E-state index contributed by atoms with van der Waals surface area (Å²) < 4.78 is 0. The van der Waals surface area contributed by atoms with Gasteiger partial charge in [-0.1, -0.05) is 20.8 Å². The van der Waals surface area contributed by atoms with Gasteiger partial charge in [-0.2, -0.15) is 0 Å². The van der Waals surface area contributed by atoms with Gasteiger partial charge in [0.1, 0.15) is 0 Å². The average molecular weight is 259 g/mol. The van der Waals surface area contributed by atoms with Gasteiger partial charge in [-0.15, -0.1) is 0 Å². The SMILES string of the molecule is CCN(CC(C)(CO)NC(C)C)C(C)CN(C)C. The van der Waals surface area contributed by atoms with Crippen molar-refractivity contribution < 1.29 is 5.11 Å². The van der Waals surface area contributed by atoms with E-state index in [9.17, 15) is 5.11 Å². The zero-order chi connectivity index (χ0) is 14.3. The number of hydrogen-bond donors (Lipinski definition) is 2. The molecular weight excluding hydrogens is 226 g/mol. The minimum atomic E-state index is -0.231. The van der Waals surface area contributed by atoms with Gasteiger partial charge in [0.15, 0.2) is 0 Å². The Kier molecular flexibility index (Phi) is 8.03. The maximum atomic E-state index is 9.64. The number of aliphatic hydroxyl groups excluding tert-OH is 1. The highest BCUT2D eigenvalue weighted by atomic mass is 16.3. The molecule has 2 unspecified atom stereocenters. The molecule has 4 heteroatoms. The van der Waals surface area contributed by atoms with E-state index in [4.69, 9.17) is 0 Å². The van der Waals surface area contributed by atoms with Gasteiger partial charge in [-0.3, -0.25) is 4.90 Å². The summed E-state index contributed by atoms with van der Waals surface area (Å²) in [7, 11) is 4.20. The first kappa shape index (κ1) is 17.8. The Morgan fingerprint density at radius 1 is 1.22 bits per heavy atom. The fourth-order valence-corrected chi connectivity index (χ4v) is 2.51. The molecule has 0 aliphatic carbocycles. The lowest BCUT2D eigenvalue weighted by atomic mass is 10.0. The number of aliphatic hydroxyl groups is 1. The number of likely N-dealkylation sites (N-methyl/N-ethyl adjacent to an activating group) is 2. The van der Waals surface area contributed by atoms with Crippen LogP contribution in [0.2, 0.25) is 0 Å². The highest BCUT2D eigenvalue weighted by Crippen LogP contribution is 2.11. The number of hydrogen-bond acceptors (Lipinski definition) is 4. The summed E-state index contributed by atoms with van der Waals surface area (Å²) in [6.07, 6.45) is 0. The Morgan fingerprint density at radius 2 is 1.78 bits per heavy atom. The molecule has 110 valence electrons. The summed E-state index contributed by atoms with van der Waals surface area (Å²) >= 11 is 0. The molecule has 0 spiro atoms. The normalized spacial score (nSPS) is 17.5. The fraction of sp³-hybridized carbons (Fsp3) is 1.00. The molecule has 0 aromatic carbocycles. The van der Waals surface area contributed by atoms with E-state index in [1.54, 1.807) is 0 Å². The van der Waals surface area contributed by atoms with Gasteiger partial charge in [0, 0.05) is 25.2 Å². The Morgan fingerprint density at radius 3 is 2.11 bits per heavy atom. The van der Waals surface area contributed by atoms with Crippen molar-refractivity contribution in [3.8, 4) is 0 Å². The third-order valence-corrected chi connectivity index (χ3v) is 3.20. The lowest BCUT2D eigenvalue weighted by Gasteiger charge is -2.39. The van der Waals surface area contributed by atoms with Crippen molar-refractivity contribution in [1.29, 1.82) is 0 Å². The lowest BCUT2D eigenvalue weighted by molar-refractivity contribution is 0.0880. The van der Waals surface area contributed by atoms with Crippen molar-refractivity contribution >= 4 is 0 Å². The van der Waals surface area contributed by atoms with Crippen molar-refractivity contribution in [1.82, 2.24) is 15.1 Å². The van der Waals surface area contributed by atoms with E-state index in [2.05, 4.69) is 63.8 Å². The van der Waals surface area contributed by atoms with Gasteiger partial charge < -0.3 is 15.3 Å². The summed E-state index contributed by atoms with van der Waals surface area (Å²) in [4.78, 5) is 4.63. The standard InChI is InChI=1S/C14H33N3O/c1-8-17(13(4)9-16(6)7)10-14(5,11-18)15-12(2)3/h12-13,15,18H,8-11H2,1-7H3. The molecule has 0 aliphatic rings. The molecule has 0 bridgehead atoms. The zero-order valence-corrected chi connectivity index (χ0v) is 13.3. The molecule has 2 N–H and O–H groups in total. The topological polar surface area (TPSA) is 38.7 Å². The minimum Gasteiger partial charge on any atom is -0.394 e. The van der Waals surface area contributed by atoms with E-state index in [0.29, 0.717) is 12.1 Å². The van der Waals surface area contributed by atoms with E-state index in [1.165, 1.54) is 0 Å². The first-order valence-corrected chi connectivity index (χ1v) is 7.01. The fourth-order valence-electron chi connectivity index (χ4n) is 2.51. The molecule has 4 nitrogen and oxygen atoms in total. The minimum absolute atomic E-state index is 0.163. The number of nitrogens with zero attached hydrogens (tertiary/aromatic N) is 2. The average Bonchev–Trinajstić information content (AvgIpc) is 2.24. The smallest absolute Gasteiger partial charge is 0.0623 e. The maximum absolute atomic E-state index is 9.64. The predicted octanol–water partition coefficient (Wildman–Crippen LogP) is 1.01. The molecule has 0 rings (SSSR count). The summed E-state index contributed by atoms with van der Waals surface area (Å²) in [5.74, 6) is 0. The van der Waals surface area contributed by atoms with Crippen LogP contribution in [0, 0.1) is 0 Å². The monoisotopic (exact) mass is 259 g/mol. The van der Waals surface area contributed by atoms with E-state index in [0.717, 1.165) is 19.6 Å². The molecule has 2 atom stereocenters. The molecule has 0 saturated carbocycles. The first-order chi connectivity index (χ1) is 8.24. The summed E-state index contributed by atoms with van der Waals surface area (Å²) in [6.45, 7) is 13.8. The van der Waals surface area contributed by atoms with Gasteiger partial charge >= 0.3 is 0 Å². The molecule has 0 aromatic rings. The molecule has 0 saturated heterocycles. The van der Waals surface area contributed by atoms with E-state index in [1.807, 2.05) is 0 Å². The van der Waals surface area contributed by atoms with Crippen LogP contribution in [0.5, 0.6) is 0 Å². The molecule has 0 heterocycles. The van der Waals surface area contributed by atoms with Gasteiger partial charge in [0.05, 0.1) is 12.1 Å². The highest BCUT2D eigenvalue weighted by Gasteiger charge is 2.28. The summed E-state index contributed by atoms with van der Waals surface area (Å²) in [5, 5.41) is 13.1. The molecule has 0 radical (unpaired) electrons. The van der Waals surface area contributed by atoms with Crippen LogP contribution in [0.1, 0.15) is 34.6 Å². The Bertz CT molecular complexity index is 221. The highest BCUT2D eigenvalue weighted by molar-refractivity contribution is 4.89. The molecule has 0 amide bonds. The maximum Gasteiger partial charge on any atom is 0.0623 e. The molecule has 0 aliphatic heterocycles. The second kappa shape index (κ2) is 8.10. The van der Waals surface area contributed by atoms with Gasteiger partial charge in [-0.05, 0) is 34.5 Å². The quantitative estimate of drug-likeness (QED) is 0.648. The molecule has 0 aromatic heterocycles. The van der Waals surface area contributed by atoms with Crippen LogP contribution >= 0.6 is 0 Å². The van der Waals surface area contributed by atoms with Gasteiger partial charge in [0.25, 0.3) is 0 Å². The largest absolute Gasteiger partial charge is 0.394 e. The molecule has 18 heavy (non-hydrogen) atoms. The van der Waals surface area contributed by atoms with Crippen LogP contribution in [-0.4, -0.2) is 72.9 Å². The first-order valence-electron chi connectivity index (χ1n) is 7.01. The number of rotatable bonds is 9. The Labute approximate surface area is 113 Å². The van der Waals surface area contributed by atoms with Crippen LogP contribution in [0.4, 0.5) is 0 Å². The third kappa shape index (κ3) is 6.69. The molecular formula is C14H33N3O. The Hall–Kier alpha value is -0.160. The van der Waals surface area contributed by atoms with Gasteiger partial charge in [-0.25, -0.2) is 0 Å². The summed E-state index contributed by atoms with van der Waals surface area (Å²) in [5.41, 5.74) is -0.231. The van der Waals surface area contributed by atoms with Crippen molar-refractivity contribution in [2.45, 2.75) is 52.2 Å². The van der Waals surface area contributed by atoms with Crippen LogP contribution < -0.4 is 5.32 Å². The van der Waals surface area contributed by atoms with Crippen molar-refractivity contribution in [2.75, 3.05) is 40.3 Å². The van der Waals surface area contributed by atoms with E-state index >= 15 is 0 Å². The van der Waals surface area contributed by atoms with Crippen LogP contribution in [0.25, 0.3) is 0 Å². The van der Waals surface area contributed by atoms with Crippen LogP contribution in [-0.2, 0) is 0 Å². The second-order valence-corrected chi connectivity index (χ2v) is 6.19. The van der Waals surface area contributed by atoms with Crippen molar-refractivity contribution in [3.05, 3.63) is 0 Å². The summed E-state index contributed by atoms with van der Waals surface area (Å²) in [6, 6.07) is 0.870. The van der Waals surface area contributed by atoms with Crippen molar-refractivity contribution in [3.63, 3.8) is 0 Å². The van der Waals surface area contributed by atoms with Gasteiger partial charge in [0.2, 0.25) is 0 Å². The predicted molar refractivity (Wildman–Crippen MR) is 79.0 cm³/mol. The van der Waals surface area contributed by atoms with Crippen LogP contribution in [0.15, 0.2) is 0 Å². The second-order valence-electron chi connectivity index (χ2n) is 6.19. The number of nitrogens with one attached hydrogen (secondary N) is 1. The zero-order valence-electron chi connectivity index (χ0n) is 13.3. The molecule has 0 fully saturated rings. The van der Waals surface area contributed by atoms with E-state index < -0.39 is 0 Å². The van der Waals surface area contributed by atoms with Crippen molar-refractivity contribution in [2.24, 2.45) is 0 Å².